The Balaban J connectivity index is 2.59. The molecule has 0 saturated heterocycles. The number of hydrogen-bond donors (Lipinski definition) is 2. The van der Waals surface area contributed by atoms with Crippen molar-refractivity contribution in [2.24, 2.45) is 0 Å². The Hall–Kier alpha value is -1.11. The van der Waals surface area contributed by atoms with Gasteiger partial charge in [-0.25, -0.2) is 5.10 Å². The van der Waals surface area contributed by atoms with Gasteiger partial charge in [0.25, 0.3) is 0 Å². The van der Waals surface area contributed by atoms with Crippen molar-refractivity contribution in [3.8, 4) is 6.01 Å². The van der Waals surface area contributed by atoms with Crippen molar-refractivity contribution in [2.75, 3.05) is 12.4 Å². The number of carbonyl (C=O) groups excluding carboxylic acids is 1. The lowest BCUT2D eigenvalue weighted by Gasteiger charge is -2.01. The highest BCUT2D eigenvalue weighted by atomic mass is 79.9. The molecular formula is C6H9BrN4O2. The molecule has 0 fully saturated rings. The second kappa shape index (κ2) is 4.22. The number of H-pyrrole nitrogens is 1. The van der Waals surface area contributed by atoms with Crippen LogP contribution in [0.15, 0.2) is 0 Å². The summed E-state index contributed by atoms with van der Waals surface area (Å²) in [6.45, 7) is 1.71. The normalized spacial score (nSPS) is 12.2. The fourth-order valence-corrected chi connectivity index (χ4v) is 0.724. The molecule has 0 bridgehead atoms. The van der Waals surface area contributed by atoms with Gasteiger partial charge >= 0.3 is 6.01 Å². The molecule has 1 aromatic rings. The third kappa shape index (κ3) is 2.69. The van der Waals surface area contributed by atoms with Gasteiger partial charge in [0.2, 0.25) is 11.9 Å². The number of alkyl halides is 1. The van der Waals surface area contributed by atoms with E-state index in [1.807, 2.05) is 0 Å². The van der Waals surface area contributed by atoms with Crippen LogP contribution >= 0.6 is 15.9 Å². The van der Waals surface area contributed by atoms with Crippen LogP contribution in [0.4, 0.5) is 5.95 Å². The maximum absolute atomic E-state index is 11.1. The number of methoxy groups -OCH3 is 1. The average molecular weight is 249 g/mol. The van der Waals surface area contributed by atoms with Gasteiger partial charge in [-0.2, -0.15) is 4.98 Å². The zero-order chi connectivity index (χ0) is 9.84. The quantitative estimate of drug-likeness (QED) is 0.766. The fourth-order valence-electron chi connectivity index (χ4n) is 0.610. The molecule has 1 heterocycles. The molecule has 1 amide bonds. The van der Waals surface area contributed by atoms with Crippen molar-refractivity contribution in [1.82, 2.24) is 15.2 Å². The Morgan fingerprint density at radius 3 is 2.92 bits per heavy atom. The first-order valence-corrected chi connectivity index (χ1v) is 4.46. The third-order valence-corrected chi connectivity index (χ3v) is 1.67. The fraction of sp³-hybridized carbons (Fsp3) is 0.500. The van der Waals surface area contributed by atoms with Crippen LogP contribution in [0.25, 0.3) is 0 Å². The highest BCUT2D eigenvalue weighted by Crippen LogP contribution is 2.06. The van der Waals surface area contributed by atoms with Crippen LogP contribution in [0.2, 0.25) is 0 Å². The SMILES string of the molecule is COc1n[nH]c(NC(=O)C(C)Br)n1. The van der Waals surface area contributed by atoms with E-state index in [2.05, 4.69) is 36.4 Å². The Kier molecular flexibility index (Phi) is 3.24. The first-order valence-electron chi connectivity index (χ1n) is 3.55. The minimum Gasteiger partial charge on any atom is -0.466 e. The molecule has 0 aliphatic heterocycles. The van der Waals surface area contributed by atoms with Crippen LogP contribution in [0.5, 0.6) is 6.01 Å². The molecule has 1 unspecified atom stereocenters. The number of hydrogen-bond acceptors (Lipinski definition) is 4. The number of ether oxygens (including phenoxy) is 1. The zero-order valence-electron chi connectivity index (χ0n) is 7.17. The van der Waals surface area contributed by atoms with Crippen LogP contribution in [0, 0.1) is 0 Å². The van der Waals surface area contributed by atoms with Crippen LogP contribution in [-0.4, -0.2) is 33.0 Å². The van der Waals surface area contributed by atoms with Crippen LogP contribution in [0.1, 0.15) is 6.92 Å². The summed E-state index contributed by atoms with van der Waals surface area (Å²) in [5.41, 5.74) is 0. The molecular weight excluding hydrogens is 240 g/mol. The molecule has 0 aliphatic carbocycles. The van der Waals surface area contributed by atoms with Gasteiger partial charge < -0.3 is 4.74 Å². The highest BCUT2D eigenvalue weighted by Gasteiger charge is 2.11. The Bertz CT molecular complexity index is 299. The monoisotopic (exact) mass is 248 g/mol. The summed E-state index contributed by atoms with van der Waals surface area (Å²) >= 11 is 3.12. The molecule has 0 aliphatic rings. The first kappa shape index (κ1) is 9.97. The summed E-state index contributed by atoms with van der Waals surface area (Å²) < 4.78 is 4.72. The maximum Gasteiger partial charge on any atom is 0.336 e. The van der Waals surface area contributed by atoms with E-state index in [1.54, 1.807) is 6.92 Å². The molecule has 0 radical (unpaired) electrons. The number of aromatic amines is 1. The summed E-state index contributed by atoms with van der Waals surface area (Å²) in [5.74, 6) is 0.0759. The van der Waals surface area contributed by atoms with Crippen molar-refractivity contribution >= 4 is 27.8 Å². The van der Waals surface area contributed by atoms with E-state index in [4.69, 9.17) is 4.74 Å². The van der Waals surface area contributed by atoms with E-state index in [0.717, 1.165) is 0 Å². The van der Waals surface area contributed by atoms with Crippen molar-refractivity contribution in [3.63, 3.8) is 0 Å². The van der Waals surface area contributed by atoms with E-state index in [0.29, 0.717) is 0 Å². The van der Waals surface area contributed by atoms with Crippen molar-refractivity contribution < 1.29 is 9.53 Å². The molecule has 2 N–H and O–H groups in total. The number of rotatable bonds is 3. The largest absolute Gasteiger partial charge is 0.466 e. The van der Waals surface area contributed by atoms with Crippen LogP contribution in [0.3, 0.4) is 0 Å². The van der Waals surface area contributed by atoms with E-state index in [9.17, 15) is 4.79 Å². The average Bonchev–Trinajstić information content (AvgIpc) is 2.52. The van der Waals surface area contributed by atoms with Gasteiger partial charge in [-0.05, 0) is 6.92 Å². The predicted molar refractivity (Wildman–Crippen MR) is 50.0 cm³/mol. The maximum atomic E-state index is 11.1. The highest BCUT2D eigenvalue weighted by molar-refractivity contribution is 9.10. The number of halogens is 1. The minimum atomic E-state index is -0.274. The molecule has 72 valence electrons. The van der Waals surface area contributed by atoms with Gasteiger partial charge in [-0.15, -0.1) is 5.10 Å². The second-order valence-corrected chi connectivity index (χ2v) is 3.65. The molecule has 1 aromatic heterocycles. The number of carbonyl (C=O) groups is 1. The molecule has 13 heavy (non-hydrogen) atoms. The molecule has 0 aromatic carbocycles. The van der Waals surface area contributed by atoms with Gasteiger partial charge in [0.1, 0.15) is 0 Å². The summed E-state index contributed by atoms with van der Waals surface area (Å²) in [4.78, 5) is 14.7. The topological polar surface area (TPSA) is 79.9 Å². The van der Waals surface area contributed by atoms with Gasteiger partial charge in [-0.3, -0.25) is 10.1 Å². The van der Waals surface area contributed by atoms with E-state index >= 15 is 0 Å². The minimum absolute atomic E-state index is 0.192. The Labute approximate surface area is 83.2 Å². The third-order valence-electron chi connectivity index (χ3n) is 1.25. The Morgan fingerprint density at radius 2 is 2.46 bits per heavy atom. The van der Waals surface area contributed by atoms with Crippen LogP contribution in [-0.2, 0) is 4.79 Å². The van der Waals surface area contributed by atoms with Crippen molar-refractivity contribution in [3.05, 3.63) is 0 Å². The van der Waals surface area contributed by atoms with Crippen molar-refractivity contribution in [2.45, 2.75) is 11.8 Å². The zero-order valence-corrected chi connectivity index (χ0v) is 8.75. The lowest BCUT2D eigenvalue weighted by Crippen LogP contribution is -2.20. The summed E-state index contributed by atoms with van der Waals surface area (Å²) in [7, 11) is 1.45. The van der Waals surface area contributed by atoms with Crippen molar-refractivity contribution in [1.29, 1.82) is 0 Å². The molecule has 0 spiro atoms. The molecule has 1 atom stereocenters. The van der Waals surface area contributed by atoms with Gasteiger partial charge in [0, 0.05) is 0 Å². The van der Waals surface area contributed by atoms with E-state index in [-0.39, 0.29) is 22.7 Å². The number of amides is 1. The lowest BCUT2D eigenvalue weighted by molar-refractivity contribution is -0.115. The summed E-state index contributed by atoms with van der Waals surface area (Å²) in [5, 5.41) is 8.66. The lowest BCUT2D eigenvalue weighted by atomic mass is 10.4. The molecule has 1 rings (SSSR count). The number of aromatic nitrogens is 3. The standard InChI is InChI=1S/C6H9BrN4O2/c1-3(7)4(12)8-5-9-6(13-2)11-10-5/h3H,1-2H3,(H2,8,9,10,11,12). The number of nitrogens with one attached hydrogen (secondary N) is 2. The number of anilines is 1. The Morgan fingerprint density at radius 1 is 1.77 bits per heavy atom. The number of nitrogens with zero attached hydrogens (tertiary/aromatic N) is 2. The smallest absolute Gasteiger partial charge is 0.336 e. The molecule has 6 nitrogen and oxygen atoms in total. The predicted octanol–water partition coefficient (Wildman–Crippen LogP) is 0.535. The van der Waals surface area contributed by atoms with Gasteiger partial charge in [0.05, 0.1) is 11.9 Å². The summed E-state index contributed by atoms with van der Waals surface area (Å²) in [6.07, 6.45) is 0. The first-order chi connectivity index (χ1) is 6.13. The van der Waals surface area contributed by atoms with E-state index in [1.165, 1.54) is 7.11 Å². The second-order valence-electron chi connectivity index (χ2n) is 2.28. The van der Waals surface area contributed by atoms with Gasteiger partial charge in [-0.1, -0.05) is 15.9 Å². The summed E-state index contributed by atoms with van der Waals surface area (Å²) in [6, 6.07) is 0.192. The molecule has 7 heteroatoms. The molecule has 0 saturated carbocycles. The van der Waals surface area contributed by atoms with Gasteiger partial charge in [0.15, 0.2) is 0 Å². The van der Waals surface area contributed by atoms with Crippen LogP contribution < -0.4 is 10.1 Å². The van der Waals surface area contributed by atoms with E-state index < -0.39 is 0 Å².